The van der Waals surface area contributed by atoms with Crippen molar-refractivity contribution >= 4 is 0 Å². The number of nitriles is 1. The Morgan fingerprint density at radius 2 is 2.12 bits per heavy atom. The molecule has 0 aromatic heterocycles. The molecule has 1 aliphatic rings. The first-order valence-electron chi connectivity index (χ1n) is 6.36. The molecule has 0 saturated heterocycles. The van der Waals surface area contributed by atoms with Gasteiger partial charge in [0, 0.05) is 5.41 Å². The van der Waals surface area contributed by atoms with E-state index in [9.17, 15) is 5.11 Å². The number of aliphatic hydroxyl groups excluding tert-OH is 1. The van der Waals surface area contributed by atoms with E-state index in [1.54, 1.807) is 0 Å². The summed E-state index contributed by atoms with van der Waals surface area (Å²) < 4.78 is 0. The summed E-state index contributed by atoms with van der Waals surface area (Å²) in [5.74, 6) is 0.404. The van der Waals surface area contributed by atoms with Gasteiger partial charge in [0.15, 0.2) is 0 Å². The zero-order valence-electron chi connectivity index (χ0n) is 10.5. The van der Waals surface area contributed by atoms with Gasteiger partial charge in [-0.1, -0.05) is 26.0 Å². The predicted octanol–water partition coefficient (Wildman–Crippen LogP) is 3.21. The van der Waals surface area contributed by atoms with Crippen molar-refractivity contribution in [2.24, 2.45) is 5.41 Å². The fourth-order valence-electron chi connectivity index (χ4n) is 3.27. The van der Waals surface area contributed by atoms with Gasteiger partial charge in [-0.05, 0) is 42.9 Å². The molecule has 0 spiro atoms. The molecule has 0 aliphatic heterocycles. The van der Waals surface area contributed by atoms with Crippen molar-refractivity contribution in [2.75, 3.05) is 0 Å². The van der Waals surface area contributed by atoms with Crippen LogP contribution >= 0.6 is 0 Å². The standard InChI is InChI=1S/C15H19NO/c1-3-15(4-2)13(9-14(15)17)12-7-5-6-11(8-12)10-16/h5-8,13-14,17H,3-4,9H2,1-2H3. The molecule has 2 unspecified atom stereocenters. The van der Waals surface area contributed by atoms with Crippen LogP contribution in [-0.4, -0.2) is 11.2 Å². The van der Waals surface area contributed by atoms with Gasteiger partial charge >= 0.3 is 0 Å². The molecular formula is C15H19NO. The molecular weight excluding hydrogens is 210 g/mol. The van der Waals surface area contributed by atoms with E-state index in [4.69, 9.17) is 5.26 Å². The molecule has 1 aromatic rings. The van der Waals surface area contributed by atoms with Crippen LogP contribution in [0.15, 0.2) is 24.3 Å². The van der Waals surface area contributed by atoms with Crippen LogP contribution in [0, 0.1) is 16.7 Å². The molecule has 2 atom stereocenters. The number of hydrogen-bond donors (Lipinski definition) is 1. The first-order valence-corrected chi connectivity index (χ1v) is 6.36. The van der Waals surface area contributed by atoms with Crippen LogP contribution in [-0.2, 0) is 0 Å². The third-order valence-corrected chi connectivity index (χ3v) is 4.55. The lowest BCUT2D eigenvalue weighted by atomic mass is 9.53. The summed E-state index contributed by atoms with van der Waals surface area (Å²) in [6.07, 6.45) is 2.63. The zero-order chi connectivity index (χ0) is 12.5. The molecule has 2 nitrogen and oxygen atoms in total. The van der Waals surface area contributed by atoms with E-state index in [0.29, 0.717) is 11.5 Å². The van der Waals surface area contributed by atoms with Crippen molar-refractivity contribution in [1.29, 1.82) is 5.26 Å². The first kappa shape index (κ1) is 12.1. The summed E-state index contributed by atoms with van der Waals surface area (Å²) in [6.45, 7) is 4.29. The molecule has 1 saturated carbocycles. The Hall–Kier alpha value is -1.33. The number of aliphatic hydroxyl groups is 1. The van der Waals surface area contributed by atoms with Crippen LogP contribution in [0.1, 0.15) is 50.2 Å². The summed E-state index contributed by atoms with van der Waals surface area (Å²) in [7, 11) is 0. The Morgan fingerprint density at radius 3 is 2.65 bits per heavy atom. The molecule has 17 heavy (non-hydrogen) atoms. The Balaban J connectivity index is 2.32. The van der Waals surface area contributed by atoms with Crippen molar-refractivity contribution in [2.45, 2.75) is 45.1 Å². The molecule has 2 heteroatoms. The normalized spacial score (nSPS) is 26.0. The smallest absolute Gasteiger partial charge is 0.0991 e. The number of nitrogens with zero attached hydrogens (tertiary/aromatic N) is 1. The molecule has 1 N–H and O–H groups in total. The van der Waals surface area contributed by atoms with Gasteiger partial charge in [0.25, 0.3) is 0 Å². The SMILES string of the molecule is CCC1(CC)C(O)CC1c1cccc(C#N)c1. The highest BCUT2D eigenvalue weighted by Gasteiger charge is 2.52. The highest BCUT2D eigenvalue weighted by Crippen LogP contribution is 2.57. The van der Waals surface area contributed by atoms with Crippen LogP contribution in [0.2, 0.25) is 0 Å². The fraction of sp³-hybridized carbons (Fsp3) is 0.533. The van der Waals surface area contributed by atoms with E-state index >= 15 is 0 Å². The minimum atomic E-state index is -0.187. The lowest BCUT2D eigenvalue weighted by Gasteiger charge is -2.54. The lowest BCUT2D eigenvalue weighted by Crippen LogP contribution is -2.50. The van der Waals surface area contributed by atoms with Gasteiger partial charge in [-0.3, -0.25) is 0 Å². The molecule has 2 rings (SSSR count). The van der Waals surface area contributed by atoms with Gasteiger partial charge in [0.1, 0.15) is 0 Å². The maximum Gasteiger partial charge on any atom is 0.0991 e. The van der Waals surface area contributed by atoms with Gasteiger partial charge in [0.05, 0.1) is 17.7 Å². The molecule has 90 valence electrons. The van der Waals surface area contributed by atoms with E-state index in [0.717, 1.165) is 19.3 Å². The molecule has 1 fully saturated rings. The fourth-order valence-corrected chi connectivity index (χ4v) is 3.27. The van der Waals surface area contributed by atoms with E-state index in [-0.39, 0.29) is 11.5 Å². The van der Waals surface area contributed by atoms with Gasteiger partial charge in [-0.15, -0.1) is 0 Å². The quantitative estimate of drug-likeness (QED) is 0.864. The van der Waals surface area contributed by atoms with Gasteiger partial charge < -0.3 is 5.11 Å². The zero-order valence-corrected chi connectivity index (χ0v) is 10.5. The van der Waals surface area contributed by atoms with Crippen LogP contribution < -0.4 is 0 Å². The number of rotatable bonds is 3. The van der Waals surface area contributed by atoms with Gasteiger partial charge in [-0.25, -0.2) is 0 Å². The van der Waals surface area contributed by atoms with Crippen molar-refractivity contribution in [3.8, 4) is 6.07 Å². The Labute approximate surface area is 103 Å². The Morgan fingerprint density at radius 1 is 1.41 bits per heavy atom. The maximum absolute atomic E-state index is 10.1. The molecule has 0 heterocycles. The summed E-state index contributed by atoms with van der Waals surface area (Å²) in [4.78, 5) is 0. The van der Waals surface area contributed by atoms with E-state index in [1.807, 2.05) is 18.2 Å². The molecule has 1 aromatic carbocycles. The van der Waals surface area contributed by atoms with Crippen LogP contribution in [0.25, 0.3) is 0 Å². The molecule has 0 amide bonds. The summed E-state index contributed by atoms with van der Waals surface area (Å²) in [5.41, 5.74) is 1.94. The largest absolute Gasteiger partial charge is 0.393 e. The Kier molecular flexibility index (Phi) is 3.22. The molecule has 1 aliphatic carbocycles. The summed E-state index contributed by atoms with van der Waals surface area (Å²) in [6, 6.07) is 10.0. The average molecular weight is 229 g/mol. The van der Waals surface area contributed by atoms with Crippen LogP contribution in [0.5, 0.6) is 0 Å². The molecule has 0 radical (unpaired) electrons. The summed E-state index contributed by atoms with van der Waals surface area (Å²) >= 11 is 0. The number of hydrogen-bond acceptors (Lipinski definition) is 2. The van der Waals surface area contributed by atoms with Crippen molar-refractivity contribution in [3.05, 3.63) is 35.4 Å². The van der Waals surface area contributed by atoms with Gasteiger partial charge in [0.2, 0.25) is 0 Å². The third kappa shape index (κ3) is 1.75. The Bertz CT molecular complexity index is 442. The van der Waals surface area contributed by atoms with Crippen molar-refractivity contribution in [3.63, 3.8) is 0 Å². The van der Waals surface area contributed by atoms with Crippen LogP contribution in [0.4, 0.5) is 0 Å². The average Bonchev–Trinajstić information content (AvgIpc) is 2.37. The van der Waals surface area contributed by atoms with E-state index < -0.39 is 0 Å². The minimum absolute atomic E-state index is 0.0219. The van der Waals surface area contributed by atoms with Crippen LogP contribution in [0.3, 0.4) is 0 Å². The minimum Gasteiger partial charge on any atom is -0.393 e. The topological polar surface area (TPSA) is 44.0 Å². The summed E-state index contributed by atoms with van der Waals surface area (Å²) in [5, 5.41) is 19.0. The predicted molar refractivity (Wildman–Crippen MR) is 67.5 cm³/mol. The van der Waals surface area contributed by atoms with E-state index in [2.05, 4.69) is 26.0 Å². The second-order valence-corrected chi connectivity index (χ2v) is 4.98. The second-order valence-electron chi connectivity index (χ2n) is 4.98. The van der Waals surface area contributed by atoms with Gasteiger partial charge in [-0.2, -0.15) is 5.26 Å². The van der Waals surface area contributed by atoms with Crippen molar-refractivity contribution < 1.29 is 5.11 Å². The monoisotopic (exact) mass is 229 g/mol. The highest BCUT2D eigenvalue weighted by atomic mass is 16.3. The third-order valence-electron chi connectivity index (χ3n) is 4.55. The van der Waals surface area contributed by atoms with Crippen molar-refractivity contribution in [1.82, 2.24) is 0 Å². The lowest BCUT2D eigenvalue weighted by molar-refractivity contribution is -0.0932. The second kappa shape index (κ2) is 4.50. The maximum atomic E-state index is 10.1. The number of benzene rings is 1. The van der Waals surface area contributed by atoms with E-state index in [1.165, 1.54) is 5.56 Å². The first-order chi connectivity index (χ1) is 8.17. The molecule has 0 bridgehead atoms. The highest BCUT2D eigenvalue weighted by molar-refractivity contribution is 5.37.